The molecule has 0 bridgehead atoms. The molecule has 1 heterocycles. The highest BCUT2D eigenvalue weighted by molar-refractivity contribution is 6.34. The molecule has 6 nitrogen and oxygen atoms in total. The number of rotatable bonds is 5. The van der Waals surface area contributed by atoms with Gasteiger partial charge in [-0.2, -0.15) is 10.4 Å². The molecule has 2 N–H and O–H groups in total. The summed E-state index contributed by atoms with van der Waals surface area (Å²) in [4.78, 5) is 12.0. The standard InChI is InChI=1S/C14H12Cl2N4O2/c15-10-6-9(7-11(16)8-10)13(21)14(22)18-12-2-5-20(19-12)4-1-3-17/h2,5-8,13,21H,1,4H2,(H,18,19,22)/t13-/m1/s1. The minimum Gasteiger partial charge on any atom is -0.378 e. The van der Waals surface area contributed by atoms with Crippen LogP contribution in [-0.2, 0) is 11.3 Å². The Morgan fingerprint density at radius 1 is 1.41 bits per heavy atom. The molecule has 1 amide bonds. The molecule has 8 heteroatoms. The third-order valence-electron chi connectivity index (χ3n) is 2.79. The van der Waals surface area contributed by atoms with Crippen LogP contribution in [-0.4, -0.2) is 20.8 Å². The topological polar surface area (TPSA) is 90.9 Å². The van der Waals surface area contributed by atoms with E-state index in [1.807, 2.05) is 6.07 Å². The number of carbonyl (C=O) groups excluding carboxylic acids is 1. The normalized spacial score (nSPS) is 11.7. The number of aliphatic hydroxyl groups is 1. The Bertz CT molecular complexity index is 704. The van der Waals surface area contributed by atoms with E-state index in [2.05, 4.69) is 10.4 Å². The Labute approximate surface area is 136 Å². The van der Waals surface area contributed by atoms with Crippen LogP contribution in [0.25, 0.3) is 0 Å². The van der Waals surface area contributed by atoms with Gasteiger partial charge in [0.25, 0.3) is 5.91 Å². The number of aromatic nitrogens is 2. The summed E-state index contributed by atoms with van der Waals surface area (Å²) < 4.78 is 1.53. The van der Waals surface area contributed by atoms with E-state index in [0.29, 0.717) is 28.6 Å². The lowest BCUT2D eigenvalue weighted by Gasteiger charge is -2.11. The first kappa shape index (κ1) is 16.3. The molecule has 0 aliphatic heterocycles. The lowest BCUT2D eigenvalue weighted by atomic mass is 10.1. The maximum Gasteiger partial charge on any atom is 0.259 e. The van der Waals surface area contributed by atoms with Crippen LogP contribution in [0.1, 0.15) is 18.1 Å². The summed E-state index contributed by atoms with van der Waals surface area (Å²) in [7, 11) is 0. The zero-order valence-corrected chi connectivity index (χ0v) is 12.8. The van der Waals surface area contributed by atoms with Crippen molar-refractivity contribution in [3.8, 4) is 6.07 Å². The van der Waals surface area contributed by atoms with E-state index >= 15 is 0 Å². The van der Waals surface area contributed by atoms with E-state index in [9.17, 15) is 9.90 Å². The fourth-order valence-electron chi connectivity index (χ4n) is 1.80. The zero-order valence-electron chi connectivity index (χ0n) is 11.3. The largest absolute Gasteiger partial charge is 0.378 e. The summed E-state index contributed by atoms with van der Waals surface area (Å²) in [6.07, 6.45) is 0.536. The van der Waals surface area contributed by atoms with Crippen molar-refractivity contribution in [1.82, 2.24) is 9.78 Å². The van der Waals surface area contributed by atoms with Crippen LogP contribution in [0.3, 0.4) is 0 Å². The van der Waals surface area contributed by atoms with E-state index in [4.69, 9.17) is 28.5 Å². The lowest BCUT2D eigenvalue weighted by molar-refractivity contribution is -0.124. The molecule has 0 fully saturated rings. The third kappa shape index (κ3) is 4.21. The van der Waals surface area contributed by atoms with Crippen LogP contribution < -0.4 is 5.32 Å². The predicted molar refractivity (Wildman–Crippen MR) is 82.5 cm³/mol. The summed E-state index contributed by atoms with van der Waals surface area (Å²) in [6, 6.07) is 8.01. The minimum atomic E-state index is -1.42. The maximum atomic E-state index is 12.0. The van der Waals surface area contributed by atoms with Crippen molar-refractivity contribution in [1.29, 1.82) is 5.26 Å². The molecule has 0 spiro atoms. The van der Waals surface area contributed by atoms with Crippen LogP contribution in [0, 0.1) is 11.3 Å². The third-order valence-corrected chi connectivity index (χ3v) is 3.23. The summed E-state index contributed by atoms with van der Waals surface area (Å²) in [5.41, 5.74) is 0.291. The molecule has 1 aromatic carbocycles. The second-order valence-corrected chi connectivity index (χ2v) is 5.34. The van der Waals surface area contributed by atoms with Crippen molar-refractivity contribution in [3.63, 3.8) is 0 Å². The lowest BCUT2D eigenvalue weighted by Crippen LogP contribution is -2.21. The van der Waals surface area contributed by atoms with Gasteiger partial charge in [-0.1, -0.05) is 23.2 Å². The minimum absolute atomic E-state index is 0.287. The smallest absolute Gasteiger partial charge is 0.259 e. The van der Waals surface area contributed by atoms with E-state index in [1.54, 1.807) is 12.3 Å². The van der Waals surface area contributed by atoms with Crippen molar-refractivity contribution in [2.24, 2.45) is 0 Å². The molecule has 2 aromatic rings. The molecule has 0 aliphatic carbocycles. The number of anilines is 1. The van der Waals surface area contributed by atoms with Gasteiger partial charge in [0.1, 0.15) is 0 Å². The predicted octanol–water partition coefficient (Wildman–Crippen LogP) is 2.78. The van der Waals surface area contributed by atoms with Crippen LogP contribution in [0.15, 0.2) is 30.5 Å². The Hall–Kier alpha value is -2.07. The number of hydrogen-bond acceptors (Lipinski definition) is 4. The summed E-state index contributed by atoms with van der Waals surface area (Å²) in [6.45, 7) is 0.429. The van der Waals surface area contributed by atoms with E-state index in [0.717, 1.165) is 0 Å². The second kappa shape index (κ2) is 7.27. The molecule has 0 aliphatic rings. The SMILES string of the molecule is N#CCCn1ccc(NC(=O)[C@H](O)c2cc(Cl)cc(Cl)c2)n1. The highest BCUT2D eigenvalue weighted by atomic mass is 35.5. The number of hydrogen-bond donors (Lipinski definition) is 2. The number of aliphatic hydroxyl groups excluding tert-OH is 1. The van der Waals surface area contributed by atoms with E-state index in [-0.39, 0.29) is 5.82 Å². The first-order valence-electron chi connectivity index (χ1n) is 6.35. The first-order valence-corrected chi connectivity index (χ1v) is 7.10. The van der Waals surface area contributed by atoms with Crippen LogP contribution in [0.4, 0.5) is 5.82 Å². The fraction of sp³-hybridized carbons (Fsp3) is 0.214. The number of nitrogens with zero attached hydrogens (tertiary/aromatic N) is 3. The Morgan fingerprint density at radius 2 is 2.09 bits per heavy atom. The van der Waals surface area contributed by atoms with Gasteiger partial charge in [-0.25, -0.2) is 0 Å². The summed E-state index contributed by atoms with van der Waals surface area (Å²) in [5.74, 6) is -0.362. The molecule has 1 aromatic heterocycles. The number of halogens is 2. The zero-order chi connectivity index (χ0) is 16.1. The average molecular weight is 339 g/mol. The molecule has 2 rings (SSSR count). The Kier molecular flexibility index (Phi) is 5.39. The first-order chi connectivity index (χ1) is 10.5. The van der Waals surface area contributed by atoms with Gasteiger partial charge in [-0.3, -0.25) is 9.48 Å². The second-order valence-electron chi connectivity index (χ2n) is 4.47. The van der Waals surface area contributed by atoms with Crippen molar-refractivity contribution >= 4 is 34.9 Å². The maximum absolute atomic E-state index is 12.0. The van der Waals surface area contributed by atoms with Gasteiger partial charge in [0, 0.05) is 22.3 Å². The molecule has 1 atom stereocenters. The molecule has 0 radical (unpaired) electrons. The number of aryl methyl sites for hydroxylation is 1. The van der Waals surface area contributed by atoms with Gasteiger partial charge in [0.15, 0.2) is 11.9 Å². The quantitative estimate of drug-likeness (QED) is 0.876. The fourth-order valence-corrected chi connectivity index (χ4v) is 2.34. The van der Waals surface area contributed by atoms with Crippen molar-refractivity contribution < 1.29 is 9.90 Å². The van der Waals surface area contributed by atoms with Gasteiger partial charge in [-0.15, -0.1) is 0 Å². The average Bonchev–Trinajstić information content (AvgIpc) is 2.90. The number of amides is 1. The molecule has 114 valence electrons. The van der Waals surface area contributed by atoms with Crippen LogP contribution >= 0.6 is 23.2 Å². The Morgan fingerprint density at radius 3 is 2.73 bits per heavy atom. The summed E-state index contributed by atoms with van der Waals surface area (Å²) >= 11 is 11.7. The molecule has 0 unspecified atom stereocenters. The van der Waals surface area contributed by atoms with Crippen molar-refractivity contribution in [3.05, 3.63) is 46.1 Å². The highest BCUT2D eigenvalue weighted by Gasteiger charge is 2.19. The van der Waals surface area contributed by atoms with Crippen molar-refractivity contribution in [2.45, 2.75) is 19.1 Å². The van der Waals surface area contributed by atoms with Gasteiger partial charge in [0.2, 0.25) is 0 Å². The molecular formula is C14H12Cl2N4O2. The Balaban J connectivity index is 2.05. The van der Waals surface area contributed by atoms with Crippen LogP contribution in [0.2, 0.25) is 10.0 Å². The highest BCUT2D eigenvalue weighted by Crippen LogP contribution is 2.24. The van der Waals surface area contributed by atoms with Gasteiger partial charge >= 0.3 is 0 Å². The molecule has 0 saturated heterocycles. The van der Waals surface area contributed by atoms with Gasteiger partial charge in [0.05, 0.1) is 19.0 Å². The van der Waals surface area contributed by atoms with Crippen LogP contribution in [0.5, 0.6) is 0 Å². The monoisotopic (exact) mass is 338 g/mol. The van der Waals surface area contributed by atoms with E-state index < -0.39 is 12.0 Å². The van der Waals surface area contributed by atoms with Gasteiger partial charge < -0.3 is 10.4 Å². The molecule has 0 saturated carbocycles. The van der Waals surface area contributed by atoms with Gasteiger partial charge in [-0.05, 0) is 23.8 Å². The van der Waals surface area contributed by atoms with Crippen molar-refractivity contribution in [2.75, 3.05) is 5.32 Å². The molecular weight excluding hydrogens is 327 g/mol. The number of benzene rings is 1. The summed E-state index contributed by atoms with van der Waals surface area (Å²) in [5, 5.41) is 25.8. The number of nitrogens with one attached hydrogen (secondary N) is 1. The number of nitriles is 1. The molecule has 22 heavy (non-hydrogen) atoms. The van der Waals surface area contributed by atoms with E-state index in [1.165, 1.54) is 22.9 Å². The number of carbonyl (C=O) groups is 1.